The van der Waals surface area contributed by atoms with Gasteiger partial charge in [-0.25, -0.2) is 0 Å². The highest BCUT2D eigenvalue weighted by Gasteiger charge is 2.59. The first-order chi connectivity index (χ1) is 12.7. The second kappa shape index (κ2) is 7.24. The van der Waals surface area contributed by atoms with Crippen LogP contribution < -0.4 is 5.32 Å². The van der Waals surface area contributed by atoms with Crippen LogP contribution in [-0.4, -0.2) is 24.2 Å². The van der Waals surface area contributed by atoms with Crippen molar-refractivity contribution in [3.63, 3.8) is 0 Å². The lowest BCUT2D eigenvalue weighted by molar-refractivity contribution is -0.122. The van der Waals surface area contributed by atoms with Gasteiger partial charge in [0, 0.05) is 30.4 Å². The third kappa shape index (κ3) is 3.16. The number of carbonyl (C=O) groups is 1. The molecule has 1 saturated carbocycles. The van der Waals surface area contributed by atoms with Crippen molar-refractivity contribution < 1.29 is 9.90 Å². The molecular weight excluding hydrogens is 322 g/mol. The van der Waals surface area contributed by atoms with Crippen LogP contribution in [0.4, 0.5) is 0 Å². The number of carbonyl (C=O) groups excluding carboxylic acids is 1. The van der Waals surface area contributed by atoms with Gasteiger partial charge in [0.05, 0.1) is 0 Å². The van der Waals surface area contributed by atoms with E-state index in [-0.39, 0.29) is 29.8 Å². The van der Waals surface area contributed by atoms with Crippen LogP contribution in [0, 0.1) is 5.92 Å². The molecule has 1 spiro atoms. The maximum absolute atomic E-state index is 12.9. The maximum Gasteiger partial charge on any atom is 0.224 e. The minimum Gasteiger partial charge on any atom is -0.396 e. The summed E-state index contributed by atoms with van der Waals surface area (Å²) in [5.74, 6) is 0.452. The molecule has 0 radical (unpaired) electrons. The highest BCUT2D eigenvalue weighted by Crippen LogP contribution is 2.60. The van der Waals surface area contributed by atoms with E-state index in [2.05, 4.69) is 41.7 Å². The number of rotatable bonds is 6. The van der Waals surface area contributed by atoms with Crippen molar-refractivity contribution in [3.05, 3.63) is 71.3 Å². The Hall–Kier alpha value is -2.13. The van der Waals surface area contributed by atoms with Crippen LogP contribution in [0.25, 0.3) is 0 Å². The molecule has 2 aliphatic carbocycles. The fraction of sp³-hybridized carbons (Fsp3) is 0.435. The topological polar surface area (TPSA) is 49.3 Å². The third-order valence-corrected chi connectivity index (χ3v) is 6.29. The molecule has 2 N–H and O–H groups in total. The molecule has 136 valence electrons. The average Bonchev–Trinajstić information content (AvgIpc) is 3.41. The largest absolute Gasteiger partial charge is 0.396 e. The van der Waals surface area contributed by atoms with Crippen LogP contribution in [0.2, 0.25) is 0 Å². The van der Waals surface area contributed by atoms with Crippen molar-refractivity contribution >= 4 is 5.91 Å². The highest BCUT2D eigenvalue weighted by molar-refractivity contribution is 5.84. The van der Waals surface area contributed by atoms with Crippen LogP contribution in [0.15, 0.2) is 54.6 Å². The first-order valence-corrected chi connectivity index (χ1v) is 9.76. The molecule has 0 aromatic heterocycles. The Labute approximate surface area is 155 Å². The van der Waals surface area contributed by atoms with Gasteiger partial charge in [-0.15, -0.1) is 0 Å². The standard InChI is InChI=1S/C23H27NO2/c25-14-12-19(17-7-2-1-3-8-17)16-24-22(26)21-15-23(21)13-6-10-18-9-4-5-11-20(18)23/h1-5,7-9,11,19,21,25H,6,10,12-16H2,(H,24,26). The number of aliphatic hydroxyl groups excluding tert-OH is 1. The first-order valence-electron chi connectivity index (χ1n) is 9.76. The molecule has 0 heterocycles. The van der Waals surface area contributed by atoms with Gasteiger partial charge in [-0.3, -0.25) is 4.79 Å². The van der Waals surface area contributed by atoms with Gasteiger partial charge in [-0.1, -0.05) is 54.6 Å². The second-order valence-electron chi connectivity index (χ2n) is 7.79. The van der Waals surface area contributed by atoms with Crippen LogP contribution >= 0.6 is 0 Å². The molecular formula is C23H27NO2. The maximum atomic E-state index is 12.9. The van der Waals surface area contributed by atoms with E-state index in [0.29, 0.717) is 13.0 Å². The summed E-state index contributed by atoms with van der Waals surface area (Å²) in [4.78, 5) is 12.9. The molecule has 1 fully saturated rings. The Balaban J connectivity index is 1.42. The molecule has 4 rings (SSSR count). The Morgan fingerprint density at radius 2 is 1.92 bits per heavy atom. The molecule has 3 unspecified atom stereocenters. The van der Waals surface area contributed by atoms with Crippen molar-refractivity contribution in [2.24, 2.45) is 5.92 Å². The van der Waals surface area contributed by atoms with E-state index in [1.54, 1.807) is 0 Å². The second-order valence-corrected chi connectivity index (χ2v) is 7.79. The summed E-state index contributed by atoms with van der Waals surface area (Å²) < 4.78 is 0. The molecule has 3 heteroatoms. The van der Waals surface area contributed by atoms with Gasteiger partial charge in [0.25, 0.3) is 0 Å². The Kier molecular flexibility index (Phi) is 4.82. The monoisotopic (exact) mass is 349 g/mol. The van der Waals surface area contributed by atoms with E-state index in [4.69, 9.17) is 0 Å². The molecule has 0 saturated heterocycles. The van der Waals surface area contributed by atoms with Gasteiger partial charge < -0.3 is 10.4 Å². The fourth-order valence-electron chi connectivity index (χ4n) is 4.79. The first kappa shape index (κ1) is 17.3. The molecule has 2 aromatic carbocycles. The zero-order valence-electron chi connectivity index (χ0n) is 15.2. The molecule has 3 nitrogen and oxygen atoms in total. The quantitative estimate of drug-likeness (QED) is 0.838. The lowest BCUT2D eigenvalue weighted by Crippen LogP contribution is -2.33. The molecule has 2 aliphatic rings. The lowest BCUT2D eigenvalue weighted by atomic mass is 9.78. The number of hydrogen-bond acceptors (Lipinski definition) is 2. The Bertz CT molecular complexity index is 773. The van der Waals surface area contributed by atoms with Crippen LogP contribution in [0.3, 0.4) is 0 Å². The Morgan fingerprint density at radius 3 is 2.73 bits per heavy atom. The van der Waals surface area contributed by atoms with E-state index in [9.17, 15) is 9.90 Å². The fourth-order valence-corrected chi connectivity index (χ4v) is 4.79. The summed E-state index contributed by atoms with van der Waals surface area (Å²) in [5, 5.41) is 12.6. The van der Waals surface area contributed by atoms with Gasteiger partial charge >= 0.3 is 0 Å². The normalized spacial score (nSPS) is 24.7. The van der Waals surface area contributed by atoms with E-state index in [1.165, 1.54) is 23.1 Å². The Morgan fingerprint density at radius 1 is 1.15 bits per heavy atom. The minimum absolute atomic E-state index is 0.0815. The van der Waals surface area contributed by atoms with Gasteiger partial charge in [0.15, 0.2) is 0 Å². The van der Waals surface area contributed by atoms with Crippen molar-refractivity contribution in [1.82, 2.24) is 5.32 Å². The van der Waals surface area contributed by atoms with Gasteiger partial charge in [0.2, 0.25) is 5.91 Å². The minimum atomic E-state index is 0.0815. The van der Waals surface area contributed by atoms with E-state index < -0.39 is 0 Å². The van der Waals surface area contributed by atoms with Crippen LogP contribution in [0.1, 0.15) is 48.3 Å². The van der Waals surface area contributed by atoms with Gasteiger partial charge in [0.1, 0.15) is 0 Å². The van der Waals surface area contributed by atoms with Crippen molar-refractivity contribution in [3.8, 4) is 0 Å². The zero-order chi connectivity index (χ0) is 18.0. The summed E-state index contributed by atoms with van der Waals surface area (Å²) >= 11 is 0. The predicted octanol–water partition coefficient (Wildman–Crippen LogP) is 3.56. The average molecular weight is 349 g/mol. The van der Waals surface area contributed by atoms with E-state index in [1.807, 2.05) is 18.2 Å². The van der Waals surface area contributed by atoms with Gasteiger partial charge in [-0.05, 0) is 48.8 Å². The summed E-state index contributed by atoms with van der Waals surface area (Å²) in [5.41, 5.74) is 4.09. The predicted molar refractivity (Wildman–Crippen MR) is 103 cm³/mol. The SMILES string of the molecule is O=C(NCC(CCO)c1ccccc1)C1CC12CCCc1ccccc12. The van der Waals surface area contributed by atoms with E-state index in [0.717, 1.165) is 19.3 Å². The summed E-state index contributed by atoms with van der Waals surface area (Å²) in [7, 11) is 0. The zero-order valence-corrected chi connectivity index (χ0v) is 15.2. The third-order valence-electron chi connectivity index (χ3n) is 6.29. The number of amides is 1. The number of fused-ring (bicyclic) bond motifs is 2. The van der Waals surface area contributed by atoms with Crippen LogP contribution in [-0.2, 0) is 16.6 Å². The number of nitrogens with one attached hydrogen (secondary N) is 1. The van der Waals surface area contributed by atoms with Gasteiger partial charge in [-0.2, -0.15) is 0 Å². The molecule has 1 amide bonds. The summed E-state index contributed by atoms with van der Waals surface area (Å²) in [6.07, 6.45) is 5.09. The molecule has 2 aromatic rings. The lowest BCUT2D eigenvalue weighted by Gasteiger charge is -2.26. The number of benzene rings is 2. The van der Waals surface area contributed by atoms with E-state index >= 15 is 0 Å². The molecule has 3 atom stereocenters. The number of aliphatic hydroxyl groups is 1. The summed E-state index contributed by atoms with van der Waals surface area (Å²) in [6, 6.07) is 18.8. The van der Waals surface area contributed by atoms with Crippen molar-refractivity contribution in [1.29, 1.82) is 0 Å². The summed E-state index contributed by atoms with van der Waals surface area (Å²) in [6.45, 7) is 0.730. The molecule has 26 heavy (non-hydrogen) atoms. The number of hydrogen-bond donors (Lipinski definition) is 2. The smallest absolute Gasteiger partial charge is 0.224 e. The highest BCUT2D eigenvalue weighted by atomic mass is 16.3. The van der Waals surface area contributed by atoms with Crippen LogP contribution in [0.5, 0.6) is 0 Å². The van der Waals surface area contributed by atoms with Crippen molar-refractivity contribution in [2.45, 2.75) is 43.4 Å². The molecule has 0 bridgehead atoms. The molecule has 0 aliphatic heterocycles. The van der Waals surface area contributed by atoms with Crippen molar-refractivity contribution in [2.75, 3.05) is 13.2 Å². The number of aryl methyl sites for hydroxylation is 1.